The average molecular weight is 285 g/mol. The first-order valence-electron chi connectivity index (χ1n) is 5.74. The first-order valence-corrected chi connectivity index (χ1v) is 5.74. The molecule has 0 bridgehead atoms. The summed E-state index contributed by atoms with van der Waals surface area (Å²) in [5, 5.41) is 0. The van der Waals surface area contributed by atoms with E-state index in [0.717, 1.165) is 18.2 Å². The fourth-order valence-electron chi connectivity index (χ4n) is 1.73. The van der Waals surface area contributed by atoms with Crippen LogP contribution in [0.1, 0.15) is 11.1 Å². The zero-order valence-corrected chi connectivity index (χ0v) is 10.2. The Morgan fingerprint density at radius 1 is 1.05 bits per heavy atom. The molecule has 2 rings (SSSR count). The summed E-state index contributed by atoms with van der Waals surface area (Å²) >= 11 is 0. The molecule has 0 unspecified atom stereocenters. The molecular formula is C14H11F4NO. The first kappa shape index (κ1) is 14.3. The van der Waals surface area contributed by atoms with Crippen LogP contribution < -0.4 is 10.5 Å². The van der Waals surface area contributed by atoms with Crippen molar-refractivity contribution in [2.24, 2.45) is 5.73 Å². The number of nitrogens with two attached hydrogens (primary N) is 1. The van der Waals surface area contributed by atoms with Gasteiger partial charge in [0.2, 0.25) is 0 Å². The van der Waals surface area contributed by atoms with E-state index in [1.54, 1.807) is 6.07 Å². The summed E-state index contributed by atoms with van der Waals surface area (Å²) in [6.07, 6.45) is -4.48. The third kappa shape index (κ3) is 3.08. The standard InChI is InChI=1S/C14H11F4NO/c15-12-3-1-2-4-13(12)20-10-5-6-11(14(16,17)18)9(7-10)8-19/h1-7H,8,19H2. The molecule has 0 aliphatic rings. The molecule has 2 N–H and O–H groups in total. The molecule has 0 heterocycles. The van der Waals surface area contributed by atoms with Crippen LogP contribution in [0.5, 0.6) is 11.5 Å². The predicted molar refractivity (Wildman–Crippen MR) is 65.8 cm³/mol. The zero-order valence-electron chi connectivity index (χ0n) is 10.2. The normalized spacial score (nSPS) is 11.4. The summed E-state index contributed by atoms with van der Waals surface area (Å²) in [5.74, 6) is -0.555. The molecule has 0 spiro atoms. The molecule has 0 saturated carbocycles. The lowest BCUT2D eigenvalue weighted by Crippen LogP contribution is -2.11. The molecule has 0 saturated heterocycles. The van der Waals surface area contributed by atoms with Crippen molar-refractivity contribution < 1.29 is 22.3 Å². The molecular weight excluding hydrogens is 274 g/mol. The molecule has 0 aromatic heterocycles. The topological polar surface area (TPSA) is 35.2 Å². The van der Waals surface area contributed by atoms with Gasteiger partial charge in [-0.25, -0.2) is 4.39 Å². The highest BCUT2D eigenvalue weighted by Gasteiger charge is 2.33. The second-order valence-electron chi connectivity index (χ2n) is 4.05. The molecule has 0 radical (unpaired) electrons. The van der Waals surface area contributed by atoms with Gasteiger partial charge in [-0.2, -0.15) is 13.2 Å². The predicted octanol–water partition coefficient (Wildman–Crippen LogP) is 4.10. The lowest BCUT2D eigenvalue weighted by Gasteiger charge is -2.13. The summed E-state index contributed by atoms with van der Waals surface area (Å²) in [6.45, 7) is -0.288. The quantitative estimate of drug-likeness (QED) is 0.862. The van der Waals surface area contributed by atoms with Crippen LogP contribution in [0.25, 0.3) is 0 Å². The van der Waals surface area contributed by atoms with Gasteiger partial charge in [-0.1, -0.05) is 12.1 Å². The van der Waals surface area contributed by atoms with Crippen molar-refractivity contribution in [2.45, 2.75) is 12.7 Å². The highest BCUT2D eigenvalue weighted by atomic mass is 19.4. The Morgan fingerprint density at radius 2 is 1.75 bits per heavy atom. The first-order chi connectivity index (χ1) is 9.41. The molecule has 2 nitrogen and oxygen atoms in total. The van der Waals surface area contributed by atoms with Gasteiger partial charge in [0, 0.05) is 6.54 Å². The van der Waals surface area contributed by atoms with Crippen molar-refractivity contribution in [1.82, 2.24) is 0 Å². The van der Waals surface area contributed by atoms with Gasteiger partial charge in [0.1, 0.15) is 5.75 Å². The fraction of sp³-hybridized carbons (Fsp3) is 0.143. The molecule has 0 fully saturated rings. The summed E-state index contributed by atoms with van der Waals surface area (Å²) < 4.78 is 56.7. The van der Waals surface area contributed by atoms with Crippen LogP contribution in [0.4, 0.5) is 17.6 Å². The third-order valence-corrected chi connectivity index (χ3v) is 2.67. The maximum Gasteiger partial charge on any atom is 0.416 e. The molecule has 20 heavy (non-hydrogen) atoms. The van der Waals surface area contributed by atoms with E-state index in [2.05, 4.69) is 0 Å². The third-order valence-electron chi connectivity index (χ3n) is 2.67. The fourth-order valence-corrected chi connectivity index (χ4v) is 1.73. The molecule has 6 heteroatoms. The molecule has 0 aliphatic heterocycles. The van der Waals surface area contributed by atoms with Gasteiger partial charge in [-0.05, 0) is 35.9 Å². The second kappa shape index (κ2) is 5.50. The van der Waals surface area contributed by atoms with Gasteiger partial charge >= 0.3 is 6.18 Å². The number of benzene rings is 2. The maximum absolute atomic E-state index is 13.4. The van der Waals surface area contributed by atoms with E-state index in [4.69, 9.17) is 10.5 Å². The molecule has 0 atom stereocenters. The van der Waals surface area contributed by atoms with Crippen LogP contribution in [0.2, 0.25) is 0 Å². The van der Waals surface area contributed by atoms with Crippen LogP contribution in [-0.2, 0) is 12.7 Å². The van der Waals surface area contributed by atoms with Gasteiger partial charge in [0.05, 0.1) is 5.56 Å². The smallest absolute Gasteiger partial charge is 0.416 e. The molecule has 106 valence electrons. The SMILES string of the molecule is NCc1cc(Oc2ccccc2F)ccc1C(F)(F)F. The van der Waals surface area contributed by atoms with E-state index < -0.39 is 17.6 Å². The number of hydrogen-bond donors (Lipinski definition) is 1. The van der Waals surface area contributed by atoms with Crippen molar-refractivity contribution in [3.63, 3.8) is 0 Å². The summed E-state index contributed by atoms with van der Waals surface area (Å²) in [6, 6.07) is 8.80. The van der Waals surface area contributed by atoms with Crippen molar-refractivity contribution in [1.29, 1.82) is 0 Å². The highest BCUT2D eigenvalue weighted by molar-refractivity contribution is 5.40. The van der Waals surface area contributed by atoms with E-state index in [0.29, 0.717) is 0 Å². The maximum atomic E-state index is 13.4. The molecule has 2 aromatic carbocycles. The lowest BCUT2D eigenvalue weighted by atomic mass is 10.1. The number of halogens is 4. The minimum Gasteiger partial charge on any atom is -0.454 e. The highest BCUT2D eigenvalue weighted by Crippen LogP contribution is 2.34. The van der Waals surface area contributed by atoms with Crippen LogP contribution in [0, 0.1) is 5.82 Å². The van der Waals surface area contributed by atoms with Crippen LogP contribution in [0.15, 0.2) is 42.5 Å². The summed E-state index contributed by atoms with van der Waals surface area (Å²) in [7, 11) is 0. The van der Waals surface area contributed by atoms with Crippen molar-refractivity contribution in [3.8, 4) is 11.5 Å². The van der Waals surface area contributed by atoms with E-state index >= 15 is 0 Å². The Bertz CT molecular complexity index is 610. The van der Waals surface area contributed by atoms with E-state index in [1.807, 2.05) is 0 Å². The number of rotatable bonds is 3. The number of ether oxygens (including phenoxy) is 1. The summed E-state index contributed by atoms with van der Waals surface area (Å²) in [5.41, 5.74) is 4.39. The minimum absolute atomic E-state index is 0.0600. The number of hydrogen-bond acceptors (Lipinski definition) is 2. The van der Waals surface area contributed by atoms with Crippen molar-refractivity contribution in [2.75, 3.05) is 0 Å². The summed E-state index contributed by atoms with van der Waals surface area (Å²) in [4.78, 5) is 0. The molecule has 0 amide bonds. The molecule has 2 aromatic rings. The van der Waals surface area contributed by atoms with E-state index in [-0.39, 0.29) is 23.6 Å². The average Bonchev–Trinajstić information content (AvgIpc) is 2.40. The Balaban J connectivity index is 2.33. The number of alkyl halides is 3. The second-order valence-corrected chi connectivity index (χ2v) is 4.05. The van der Waals surface area contributed by atoms with Crippen LogP contribution in [0.3, 0.4) is 0 Å². The van der Waals surface area contributed by atoms with E-state index in [1.165, 1.54) is 18.2 Å². The van der Waals surface area contributed by atoms with Crippen molar-refractivity contribution >= 4 is 0 Å². The Hall–Kier alpha value is -2.08. The monoisotopic (exact) mass is 285 g/mol. The minimum atomic E-state index is -4.48. The van der Waals surface area contributed by atoms with Gasteiger partial charge < -0.3 is 10.5 Å². The van der Waals surface area contributed by atoms with Crippen LogP contribution in [-0.4, -0.2) is 0 Å². The largest absolute Gasteiger partial charge is 0.454 e. The van der Waals surface area contributed by atoms with Gasteiger partial charge in [0.25, 0.3) is 0 Å². The van der Waals surface area contributed by atoms with Gasteiger partial charge in [-0.15, -0.1) is 0 Å². The van der Waals surface area contributed by atoms with Crippen molar-refractivity contribution in [3.05, 3.63) is 59.4 Å². The van der Waals surface area contributed by atoms with Crippen LogP contribution >= 0.6 is 0 Å². The molecule has 0 aliphatic carbocycles. The number of para-hydroxylation sites is 1. The van der Waals surface area contributed by atoms with E-state index in [9.17, 15) is 17.6 Å². The Labute approximate surface area is 112 Å². The van der Waals surface area contributed by atoms with Gasteiger partial charge in [0.15, 0.2) is 11.6 Å². The lowest BCUT2D eigenvalue weighted by molar-refractivity contribution is -0.138. The van der Waals surface area contributed by atoms with Gasteiger partial charge in [-0.3, -0.25) is 0 Å². The zero-order chi connectivity index (χ0) is 14.8. The Morgan fingerprint density at radius 3 is 2.35 bits per heavy atom. The Kier molecular flexibility index (Phi) is 3.94.